The van der Waals surface area contributed by atoms with Gasteiger partial charge in [0.1, 0.15) is 0 Å². The van der Waals surface area contributed by atoms with Crippen molar-refractivity contribution in [3.8, 4) is 0 Å². The van der Waals surface area contributed by atoms with Gasteiger partial charge < -0.3 is 10.1 Å². The molecule has 0 radical (unpaired) electrons. The summed E-state index contributed by atoms with van der Waals surface area (Å²) in [5.41, 5.74) is 4.25. The lowest BCUT2D eigenvalue weighted by Gasteiger charge is -2.36. The summed E-state index contributed by atoms with van der Waals surface area (Å²) in [5.74, 6) is 0. The molecule has 0 spiro atoms. The van der Waals surface area contributed by atoms with Crippen molar-refractivity contribution in [3.63, 3.8) is 0 Å². The summed E-state index contributed by atoms with van der Waals surface area (Å²) in [5, 5.41) is 12.6. The Balaban J connectivity index is 2.00. The predicted molar refractivity (Wildman–Crippen MR) is 81.6 cm³/mol. The highest BCUT2D eigenvalue weighted by atomic mass is 16.4. The average Bonchev–Trinajstić information content (AvgIpc) is 2.54. The molecule has 20 heavy (non-hydrogen) atoms. The summed E-state index contributed by atoms with van der Waals surface area (Å²) < 4.78 is 0. The second-order valence-electron chi connectivity index (χ2n) is 5.09. The van der Waals surface area contributed by atoms with Gasteiger partial charge in [-0.1, -0.05) is 53.7 Å². The number of nitrogens with zero attached hydrogens (tertiary/aromatic N) is 2. The molecule has 2 aromatic carbocycles. The minimum absolute atomic E-state index is 0.303. The van der Waals surface area contributed by atoms with E-state index in [1.807, 2.05) is 24.3 Å². The maximum atomic E-state index is 9.15. The van der Waals surface area contributed by atoms with Crippen LogP contribution >= 0.6 is 0 Å². The summed E-state index contributed by atoms with van der Waals surface area (Å²) in [6.07, 6.45) is 0.769. The van der Waals surface area contributed by atoms with Crippen LogP contribution in [-0.4, -0.2) is 17.5 Å². The lowest BCUT2D eigenvalue weighted by Crippen LogP contribution is -2.34. The summed E-state index contributed by atoms with van der Waals surface area (Å²) >= 11 is 0. The lowest BCUT2D eigenvalue weighted by molar-refractivity contribution is 0.317. The van der Waals surface area contributed by atoms with Crippen LogP contribution < -0.4 is 4.90 Å². The molecule has 1 heterocycles. The van der Waals surface area contributed by atoms with Gasteiger partial charge in [-0.2, -0.15) is 0 Å². The highest BCUT2D eigenvalue weighted by molar-refractivity contribution is 6.06. The Labute approximate surface area is 119 Å². The quantitative estimate of drug-likeness (QED) is 0.662. The van der Waals surface area contributed by atoms with Gasteiger partial charge in [-0.3, -0.25) is 0 Å². The molecule has 3 heteroatoms. The van der Waals surface area contributed by atoms with Crippen molar-refractivity contribution < 1.29 is 5.21 Å². The van der Waals surface area contributed by atoms with Crippen molar-refractivity contribution in [2.75, 3.05) is 11.4 Å². The number of hydrogen-bond acceptors (Lipinski definition) is 3. The average molecular weight is 266 g/mol. The van der Waals surface area contributed by atoms with Crippen LogP contribution in [0.5, 0.6) is 0 Å². The van der Waals surface area contributed by atoms with E-state index in [1.165, 1.54) is 5.56 Å². The van der Waals surface area contributed by atoms with Crippen LogP contribution in [0, 0.1) is 0 Å². The monoisotopic (exact) mass is 266 g/mol. The predicted octanol–water partition coefficient (Wildman–Crippen LogP) is 3.84. The van der Waals surface area contributed by atoms with E-state index in [0.717, 1.165) is 29.9 Å². The Kier molecular flexibility index (Phi) is 3.42. The van der Waals surface area contributed by atoms with Gasteiger partial charge in [0.2, 0.25) is 0 Å². The minimum atomic E-state index is 0.303. The molecule has 0 amide bonds. The molecule has 3 rings (SSSR count). The number of oxime groups is 1. The molecule has 1 atom stereocenters. The van der Waals surface area contributed by atoms with E-state index in [4.69, 9.17) is 5.21 Å². The zero-order valence-electron chi connectivity index (χ0n) is 11.5. The smallest absolute Gasteiger partial charge is 0.0906 e. The van der Waals surface area contributed by atoms with Crippen LogP contribution in [0.15, 0.2) is 59.8 Å². The molecule has 0 aliphatic carbocycles. The Morgan fingerprint density at radius 1 is 1.05 bits per heavy atom. The third-order valence-corrected chi connectivity index (χ3v) is 3.98. The number of rotatable bonds is 2. The van der Waals surface area contributed by atoms with Gasteiger partial charge >= 0.3 is 0 Å². The van der Waals surface area contributed by atoms with Crippen molar-refractivity contribution in [2.24, 2.45) is 5.16 Å². The molecule has 0 aromatic heterocycles. The van der Waals surface area contributed by atoms with Crippen molar-refractivity contribution in [1.29, 1.82) is 0 Å². The zero-order valence-corrected chi connectivity index (χ0v) is 11.5. The fourth-order valence-electron chi connectivity index (χ4n) is 2.87. The van der Waals surface area contributed by atoms with Crippen molar-refractivity contribution >= 4 is 11.4 Å². The van der Waals surface area contributed by atoms with Crippen LogP contribution in [0.4, 0.5) is 5.69 Å². The molecule has 1 unspecified atom stereocenters. The third-order valence-electron chi connectivity index (χ3n) is 3.98. The fraction of sp³-hybridized carbons (Fsp3) is 0.235. The number of benzene rings is 2. The molecule has 102 valence electrons. The zero-order chi connectivity index (χ0) is 13.9. The van der Waals surface area contributed by atoms with Crippen LogP contribution in [-0.2, 0) is 0 Å². The molecular weight excluding hydrogens is 248 g/mol. The lowest BCUT2D eigenvalue weighted by atomic mass is 9.96. The second-order valence-corrected chi connectivity index (χ2v) is 5.09. The number of fused-ring (bicyclic) bond motifs is 1. The SMILES string of the molecule is CC(c1ccccc1)N1CCC(=NO)c2ccccc21. The topological polar surface area (TPSA) is 35.8 Å². The van der Waals surface area contributed by atoms with Gasteiger partial charge in [0.25, 0.3) is 0 Å². The van der Waals surface area contributed by atoms with Crippen LogP contribution in [0.1, 0.15) is 30.5 Å². The van der Waals surface area contributed by atoms with E-state index in [0.29, 0.717) is 6.04 Å². The highest BCUT2D eigenvalue weighted by Crippen LogP contribution is 2.33. The minimum Gasteiger partial charge on any atom is -0.411 e. The molecule has 3 nitrogen and oxygen atoms in total. The molecule has 0 fully saturated rings. The molecule has 1 N–H and O–H groups in total. The fourth-order valence-corrected chi connectivity index (χ4v) is 2.87. The van der Waals surface area contributed by atoms with E-state index in [9.17, 15) is 0 Å². The Morgan fingerprint density at radius 2 is 1.75 bits per heavy atom. The Bertz CT molecular complexity index is 622. The number of hydrogen-bond donors (Lipinski definition) is 1. The first-order chi connectivity index (χ1) is 9.81. The second kappa shape index (κ2) is 5.37. The normalized spacial score (nSPS) is 17.9. The molecule has 0 saturated carbocycles. The van der Waals surface area contributed by atoms with E-state index in [2.05, 4.69) is 47.3 Å². The first kappa shape index (κ1) is 12.7. The number of anilines is 1. The maximum absolute atomic E-state index is 9.15. The summed E-state index contributed by atoms with van der Waals surface area (Å²) in [4.78, 5) is 2.37. The van der Waals surface area contributed by atoms with Gasteiger partial charge in [-0.05, 0) is 18.6 Å². The maximum Gasteiger partial charge on any atom is 0.0906 e. The largest absolute Gasteiger partial charge is 0.411 e. The third kappa shape index (κ3) is 2.16. The van der Waals surface area contributed by atoms with Crippen LogP contribution in [0.25, 0.3) is 0 Å². The highest BCUT2D eigenvalue weighted by Gasteiger charge is 2.25. The van der Waals surface area contributed by atoms with Crippen LogP contribution in [0.2, 0.25) is 0 Å². The van der Waals surface area contributed by atoms with Gasteiger partial charge in [-0.15, -0.1) is 0 Å². The summed E-state index contributed by atoms with van der Waals surface area (Å²) in [6, 6.07) is 18.9. The molecule has 2 aromatic rings. The molecule has 1 aliphatic heterocycles. The van der Waals surface area contributed by atoms with Crippen molar-refractivity contribution in [3.05, 3.63) is 65.7 Å². The van der Waals surface area contributed by atoms with E-state index < -0.39 is 0 Å². The molecule has 0 saturated heterocycles. The Hall–Kier alpha value is -2.29. The first-order valence-electron chi connectivity index (χ1n) is 6.93. The molecule has 0 bridgehead atoms. The van der Waals surface area contributed by atoms with E-state index >= 15 is 0 Å². The van der Waals surface area contributed by atoms with Crippen molar-refractivity contribution in [1.82, 2.24) is 0 Å². The molecule has 1 aliphatic rings. The molecular formula is C17H18N2O. The van der Waals surface area contributed by atoms with Crippen LogP contribution in [0.3, 0.4) is 0 Å². The Morgan fingerprint density at radius 3 is 2.50 bits per heavy atom. The standard InChI is InChI=1S/C17H18N2O/c1-13(14-7-3-2-4-8-14)19-12-11-16(18-20)15-9-5-6-10-17(15)19/h2-10,13,20H,11-12H2,1H3. The van der Waals surface area contributed by atoms with Crippen molar-refractivity contribution in [2.45, 2.75) is 19.4 Å². The van der Waals surface area contributed by atoms with E-state index in [-0.39, 0.29) is 0 Å². The summed E-state index contributed by atoms with van der Waals surface area (Å²) in [7, 11) is 0. The van der Waals surface area contributed by atoms with Gasteiger partial charge in [0, 0.05) is 24.2 Å². The van der Waals surface area contributed by atoms with E-state index in [1.54, 1.807) is 0 Å². The first-order valence-corrected chi connectivity index (χ1v) is 6.93. The number of para-hydroxylation sites is 1. The van der Waals surface area contributed by atoms with Gasteiger partial charge in [0.15, 0.2) is 0 Å². The summed E-state index contributed by atoms with van der Waals surface area (Å²) in [6.45, 7) is 3.08. The van der Waals surface area contributed by atoms with Gasteiger partial charge in [0.05, 0.1) is 11.8 Å². The van der Waals surface area contributed by atoms with Gasteiger partial charge in [-0.25, -0.2) is 0 Å².